The molecule has 0 saturated carbocycles. The summed E-state index contributed by atoms with van der Waals surface area (Å²) in [4.78, 5) is 2.58. The molecule has 3 nitrogen and oxygen atoms in total. The number of hydrogen-bond donors (Lipinski definition) is 1. The fourth-order valence-corrected chi connectivity index (χ4v) is 4.12. The molecular formula is C17H26N2OS. The van der Waals surface area contributed by atoms with Crippen molar-refractivity contribution in [1.82, 2.24) is 10.2 Å². The molecular weight excluding hydrogens is 280 g/mol. The van der Waals surface area contributed by atoms with Gasteiger partial charge in [-0.1, -0.05) is 19.1 Å². The lowest BCUT2D eigenvalue weighted by Crippen LogP contribution is -2.38. The molecule has 4 heteroatoms. The smallest absolute Gasteiger partial charge is 0.122 e. The van der Waals surface area contributed by atoms with E-state index < -0.39 is 0 Å². The Morgan fingerprint density at radius 2 is 2.19 bits per heavy atom. The SMILES string of the molecule is CCC(NCCN1CCSCC1)c1ccc2c(c1)CCO2. The molecule has 2 aliphatic heterocycles. The second-order valence-corrected chi connectivity index (χ2v) is 7.06. The minimum absolute atomic E-state index is 0.468. The second kappa shape index (κ2) is 7.52. The van der Waals surface area contributed by atoms with E-state index in [1.165, 1.54) is 42.3 Å². The first-order valence-electron chi connectivity index (χ1n) is 8.16. The molecule has 116 valence electrons. The maximum Gasteiger partial charge on any atom is 0.122 e. The van der Waals surface area contributed by atoms with Crippen molar-refractivity contribution in [3.05, 3.63) is 29.3 Å². The summed E-state index contributed by atoms with van der Waals surface area (Å²) in [6, 6.07) is 7.17. The Labute approximate surface area is 132 Å². The Bertz CT molecular complexity index is 460. The lowest BCUT2D eigenvalue weighted by molar-refractivity contribution is 0.294. The van der Waals surface area contributed by atoms with Crippen LogP contribution < -0.4 is 10.1 Å². The van der Waals surface area contributed by atoms with Gasteiger partial charge in [-0.15, -0.1) is 0 Å². The standard InChI is InChI=1S/C17H26N2OS/c1-2-16(18-6-7-19-8-11-21-12-9-19)14-3-4-17-15(13-14)5-10-20-17/h3-4,13,16,18H,2,5-12H2,1H3. The Morgan fingerprint density at radius 1 is 1.33 bits per heavy atom. The van der Waals surface area contributed by atoms with Gasteiger partial charge in [-0.05, 0) is 23.6 Å². The lowest BCUT2D eigenvalue weighted by Gasteiger charge is -2.27. The molecule has 0 bridgehead atoms. The molecule has 1 fully saturated rings. The molecule has 1 N–H and O–H groups in total. The molecule has 0 aromatic heterocycles. The van der Waals surface area contributed by atoms with Gasteiger partial charge in [0.15, 0.2) is 0 Å². The minimum Gasteiger partial charge on any atom is -0.493 e. The molecule has 3 rings (SSSR count). The normalized spacial score (nSPS) is 20.0. The van der Waals surface area contributed by atoms with Crippen LogP contribution in [0.1, 0.15) is 30.5 Å². The summed E-state index contributed by atoms with van der Waals surface area (Å²) in [5.74, 6) is 3.67. The molecule has 0 amide bonds. The van der Waals surface area contributed by atoms with E-state index in [4.69, 9.17) is 4.74 Å². The van der Waals surface area contributed by atoms with Gasteiger partial charge < -0.3 is 15.0 Å². The van der Waals surface area contributed by atoms with E-state index in [0.29, 0.717) is 6.04 Å². The first-order chi connectivity index (χ1) is 10.4. The van der Waals surface area contributed by atoms with Crippen molar-refractivity contribution in [2.75, 3.05) is 44.3 Å². The minimum atomic E-state index is 0.468. The molecule has 0 aliphatic carbocycles. The molecule has 2 aliphatic rings. The van der Waals surface area contributed by atoms with Gasteiger partial charge in [0.05, 0.1) is 6.61 Å². The number of nitrogens with one attached hydrogen (secondary N) is 1. The highest BCUT2D eigenvalue weighted by Crippen LogP contribution is 2.29. The average Bonchev–Trinajstić information content (AvgIpc) is 3.00. The van der Waals surface area contributed by atoms with E-state index in [1.807, 2.05) is 0 Å². The Kier molecular flexibility index (Phi) is 5.44. The molecule has 1 saturated heterocycles. The van der Waals surface area contributed by atoms with E-state index in [1.54, 1.807) is 0 Å². The molecule has 1 aromatic carbocycles. The number of ether oxygens (including phenoxy) is 1. The maximum atomic E-state index is 5.60. The van der Waals surface area contributed by atoms with Crippen LogP contribution in [0.3, 0.4) is 0 Å². The van der Waals surface area contributed by atoms with Crippen LogP contribution in [0.5, 0.6) is 5.75 Å². The van der Waals surface area contributed by atoms with Gasteiger partial charge in [0, 0.05) is 50.1 Å². The monoisotopic (exact) mass is 306 g/mol. The third-order valence-electron chi connectivity index (χ3n) is 4.45. The van der Waals surface area contributed by atoms with Crippen LogP contribution in [0.4, 0.5) is 0 Å². The van der Waals surface area contributed by atoms with Crippen LogP contribution in [-0.4, -0.2) is 49.2 Å². The summed E-state index contributed by atoms with van der Waals surface area (Å²) >= 11 is 2.08. The van der Waals surface area contributed by atoms with Crippen LogP contribution in [0, 0.1) is 0 Å². The maximum absolute atomic E-state index is 5.60. The first-order valence-corrected chi connectivity index (χ1v) is 9.31. The molecule has 1 atom stereocenters. The van der Waals surface area contributed by atoms with Crippen LogP contribution in [-0.2, 0) is 6.42 Å². The van der Waals surface area contributed by atoms with Crippen LogP contribution in [0.25, 0.3) is 0 Å². The molecule has 1 unspecified atom stereocenters. The lowest BCUT2D eigenvalue weighted by atomic mass is 10.0. The van der Waals surface area contributed by atoms with E-state index >= 15 is 0 Å². The third-order valence-corrected chi connectivity index (χ3v) is 5.39. The number of rotatable bonds is 6. The summed E-state index contributed by atoms with van der Waals surface area (Å²) in [5.41, 5.74) is 2.79. The molecule has 21 heavy (non-hydrogen) atoms. The molecule has 0 radical (unpaired) electrons. The van der Waals surface area contributed by atoms with Crippen LogP contribution in [0.15, 0.2) is 18.2 Å². The van der Waals surface area contributed by atoms with E-state index in [2.05, 4.69) is 47.1 Å². The van der Waals surface area contributed by atoms with Crippen molar-refractivity contribution in [3.8, 4) is 5.75 Å². The van der Waals surface area contributed by atoms with Gasteiger partial charge in [0.1, 0.15) is 5.75 Å². The van der Waals surface area contributed by atoms with Crippen molar-refractivity contribution in [2.45, 2.75) is 25.8 Å². The zero-order valence-corrected chi connectivity index (χ0v) is 13.8. The van der Waals surface area contributed by atoms with Gasteiger partial charge in [-0.3, -0.25) is 0 Å². The van der Waals surface area contributed by atoms with Gasteiger partial charge >= 0.3 is 0 Å². The van der Waals surface area contributed by atoms with E-state index in [0.717, 1.165) is 31.7 Å². The number of benzene rings is 1. The number of hydrogen-bond acceptors (Lipinski definition) is 4. The topological polar surface area (TPSA) is 24.5 Å². The van der Waals surface area contributed by atoms with E-state index in [-0.39, 0.29) is 0 Å². The number of thioether (sulfide) groups is 1. The summed E-state index contributed by atoms with van der Waals surface area (Å²) < 4.78 is 5.60. The first kappa shape index (κ1) is 15.2. The predicted octanol–water partition coefficient (Wildman–Crippen LogP) is 2.71. The molecule has 0 spiro atoms. The highest BCUT2D eigenvalue weighted by Gasteiger charge is 2.16. The Balaban J connectivity index is 1.52. The largest absolute Gasteiger partial charge is 0.493 e. The third kappa shape index (κ3) is 3.93. The summed E-state index contributed by atoms with van der Waals surface area (Å²) in [6.07, 6.45) is 2.19. The van der Waals surface area contributed by atoms with Gasteiger partial charge in [-0.25, -0.2) is 0 Å². The van der Waals surface area contributed by atoms with Crippen molar-refractivity contribution in [3.63, 3.8) is 0 Å². The van der Waals surface area contributed by atoms with Crippen LogP contribution >= 0.6 is 11.8 Å². The fourth-order valence-electron chi connectivity index (χ4n) is 3.14. The van der Waals surface area contributed by atoms with Crippen molar-refractivity contribution in [1.29, 1.82) is 0 Å². The molecule has 1 aromatic rings. The highest BCUT2D eigenvalue weighted by atomic mass is 32.2. The molecule has 2 heterocycles. The highest BCUT2D eigenvalue weighted by molar-refractivity contribution is 7.99. The van der Waals surface area contributed by atoms with Crippen molar-refractivity contribution in [2.24, 2.45) is 0 Å². The van der Waals surface area contributed by atoms with Crippen molar-refractivity contribution < 1.29 is 4.74 Å². The average molecular weight is 306 g/mol. The second-order valence-electron chi connectivity index (χ2n) is 5.83. The zero-order chi connectivity index (χ0) is 14.5. The summed E-state index contributed by atoms with van der Waals surface area (Å²) in [7, 11) is 0. The summed E-state index contributed by atoms with van der Waals surface area (Å²) in [6.45, 7) is 7.86. The number of nitrogens with zero attached hydrogens (tertiary/aromatic N) is 1. The zero-order valence-electron chi connectivity index (χ0n) is 12.9. The Morgan fingerprint density at radius 3 is 3.00 bits per heavy atom. The quantitative estimate of drug-likeness (QED) is 0.873. The number of fused-ring (bicyclic) bond motifs is 1. The predicted molar refractivity (Wildman–Crippen MR) is 90.4 cm³/mol. The van der Waals surface area contributed by atoms with Crippen LogP contribution in [0.2, 0.25) is 0 Å². The van der Waals surface area contributed by atoms with Gasteiger partial charge in [0.25, 0.3) is 0 Å². The van der Waals surface area contributed by atoms with Gasteiger partial charge in [-0.2, -0.15) is 11.8 Å². The fraction of sp³-hybridized carbons (Fsp3) is 0.647. The van der Waals surface area contributed by atoms with Crippen molar-refractivity contribution >= 4 is 11.8 Å². The van der Waals surface area contributed by atoms with E-state index in [9.17, 15) is 0 Å². The Hall–Kier alpha value is -0.710. The van der Waals surface area contributed by atoms with Gasteiger partial charge in [0.2, 0.25) is 0 Å². The summed E-state index contributed by atoms with van der Waals surface area (Å²) in [5, 5.41) is 3.73.